The number of hydrogen-bond acceptors (Lipinski definition) is 6. The van der Waals surface area contributed by atoms with Gasteiger partial charge in [0.2, 0.25) is 11.8 Å². The van der Waals surface area contributed by atoms with Crippen LogP contribution in [0.4, 0.5) is 10.1 Å². The normalized spacial score (nSPS) is 18.6. The van der Waals surface area contributed by atoms with Crippen molar-refractivity contribution in [2.45, 2.75) is 38.4 Å². The molecule has 256 valence electrons. The number of rotatable bonds is 9. The first-order valence-electron chi connectivity index (χ1n) is 17.0. The molecule has 4 aromatic carbocycles. The van der Waals surface area contributed by atoms with E-state index in [1.165, 1.54) is 11.0 Å². The molecule has 2 saturated heterocycles. The number of carbonyl (C=O) groups is 3. The van der Waals surface area contributed by atoms with Crippen molar-refractivity contribution in [3.05, 3.63) is 130 Å². The molecule has 2 fully saturated rings. The summed E-state index contributed by atoms with van der Waals surface area (Å²) in [6, 6.07) is 28.7. The van der Waals surface area contributed by atoms with E-state index in [4.69, 9.17) is 11.6 Å². The predicted molar refractivity (Wildman–Crippen MR) is 192 cm³/mol. The van der Waals surface area contributed by atoms with Gasteiger partial charge in [0.05, 0.1) is 5.56 Å². The van der Waals surface area contributed by atoms with Crippen molar-refractivity contribution in [2.24, 2.45) is 0 Å². The summed E-state index contributed by atoms with van der Waals surface area (Å²) in [7, 11) is 0. The van der Waals surface area contributed by atoms with Gasteiger partial charge in [-0.15, -0.1) is 11.6 Å². The predicted octanol–water partition coefficient (Wildman–Crippen LogP) is 6.20. The summed E-state index contributed by atoms with van der Waals surface area (Å²) in [6.45, 7) is 3.88. The Balaban J connectivity index is 1.04. The lowest BCUT2D eigenvalue weighted by Crippen LogP contribution is -2.52. The van der Waals surface area contributed by atoms with E-state index in [0.717, 1.165) is 65.3 Å². The number of alkyl halides is 1. The van der Waals surface area contributed by atoms with E-state index >= 15 is 4.39 Å². The molecule has 3 aliphatic rings. The van der Waals surface area contributed by atoms with E-state index in [1.54, 1.807) is 12.1 Å². The second-order valence-corrected chi connectivity index (χ2v) is 13.4. The Labute approximate surface area is 295 Å². The Morgan fingerprint density at radius 1 is 0.860 bits per heavy atom. The summed E-state index contributed by atoms with van der Waals surface area (Å²) in [5, 5.41) is 12.3. The number of phenols is 1. The van der Waals surface area contributed by atoms with Crippen LogP contribution in [0.2, 0.25) is 0 Å². The Morgan fingerprint density at radius 2 is 1.54 bits per heavy atom. The Bertz CT molecular complexity index is 1940. The number of anilines is 1. The van der Waals surface area contributed by atoms with Crippen LogP contribution in [0.5, 0.6) is 5.75 Å². The van der Waals surface area contributed by atoms with Crippen LogP contribution in [0.1, 0.15) is 57.4 Å². The Hall–Kier alpha value is -4.99. The monoisotopic (exact) mass is 692 g/mol. The van der Waals surface area contributed by atoms with E-state index in [9.17, 15) is 19.5 Å². The number of phenolic OH excluding ortho intramolecular Hbond substituents is 1. The average molecular weight is 693 g/mol. The number of halogens is 2. The lowest BCUT2D eigenvalue weighted by molar-refractivity contribution is -0.136. The van der Waals surface area contributed by atoms with Gasteiger partial charge >= 0.3 is 0 Å². The number of amides is 3. The fourth-order valence-corrected chi connectivity index (χ4v) is 7.55. The minimum absolute atomic E-state index is 0.0219. The van der Waals surface area contributed by atoms with Gasteiger partial charge in [0.25, 0.3) is 5.91 Å². The molecule has 0 bridgehead atoms. The quantitative estimate of drug-likeness (QED) is 0.123. The van der Waals surface area contributed by atoms with Crippen molar-refractivity contribution in [3.8, 4) is 5.75 Å². The zero-order valence-electron chi connectivity index (χ0n) is 27.6. The molecule has 3 aliphatic heterocycles. The van der Waals surface area contributed by atoms with Gasteiger partial charge in [-0.05, 0) is 82.1 Å². The summed E-state index contributed by atoms with van der Waals surface area (Å²) in [4.78, 5) is 43.1. The van der Waals surface area contributed by atoms with Crippen LogP contribution < -0.4 is 10.2 Å². The van der Waals surface area contributed by atoms with E-state index < -0.39 is 23.7 Å². The Morgan fingerprint density at radius 3 is 2.20 bits per heavy atom. The smallest absolute Gasteiger partial charge is 0.258 e. The zero-order valence-corrected chi connectivity index (χ0v) is 28.3. The van der Waals surface area contributed by atoms with Gasteiger partial charge in [0, 0.05) is 57.3 Å². The van der Waals surface area contributed by atoms with E-state index in [2.05, 4.69) is 51.5 Å². The lowest BCUT2D eigenvalue weighted by Gasteiger charge is -2.36. The summed E-state index contributed by atoms with van der Waals surface area (Å²) in [5.41, 5.74) is 7.91. The number of aromatic hydroxyl groups is 1. The highest BCUT2D eigenvalue weighted by atomic mass is 35.5. The van der Waals surface area contributed by atoms with Crippen molar-refractivity contribution < 1.29 is 23.9 Å². The van der Waals surface area contributed by atoms with E-state index in [0.29, 0.717) is 24.4 Å². The molecule has 4 aromatic rings. The topological polar surface area (TPSA) is 93.2 Å². The highest BCUT2D eigenvalue weighted by Crippen LogP contribution is 2.36. The molecule has 50 heavy (non-hydrogen) atoms. The van der Waals surface area contributed by atoms with Crippen molar-refractivity contribution >= 4 is 46.2 Å². The average Bonchev–Trinajstić information content (AvgIpc) is 3.45. The number of benzene rings is 4. The highest BCUT2D eigenvalue weighted by Gasteiger charge is 2.40. The van der Waals surface area contributed by atoms with Gasteiger partial charge in [-0.2, -0.15) is 0 Å². The molecular formula is C40H38ClFN4O4. The van der Waals surface area contributed by atoms with Gasteiger partial charge in [-0.1, -0.05) is 60.7 Å². The number of hydrogen-bond donors (Lipinski definition) is 2. The third kappa shape index (κ3) is 6.88. The second kappa shape index (κ2) is 14.5. The standard InChI is InChI=1S/C40H38ClFN4O4/c41-17-16-33(27-4-2-1-3-5-27)37(29-8-12-32(47)13-9-29)28-6-10-31(11-7-28)45-20-18-44(19-21-45)24-26-22-30-25-46(40(50)38(30)34(42)23-26)35-14-15-36(48)43-39(35)49/h1-13,22-23,35,47H,14-21,24-25H2,(H,43,48,49). The second-order valence-electron chi connectivity index (χ2n) is 13.0. The number of nitrogens with zero attached hydrogens (tertiary/aromatic N) is 3. The van der Waals surface area contributed by atoms with Crippen LogP contribution >= 0.6 is 11.6 Å². The van der Waals surface area contributed by atoms with Crippen molar-refractivity contribution in [1.29, 1.82) is 0 Å². The van der Waals surface area contributed by atoms with Crippen molar-refractivity contribution in [2.75, 3.05) is 37.0 Å². The van der Waals surface area contributed by atoms with E-state index in [-0.39, 0.29) is 36.6 Å². The van der Waals surface area contributed by atoms with Gasteiger partial charge in [0.1, 0.15) is 17.6 Å². The minimum Gasteiger partial charge on any atom is -0.508 e. The van der Waals surface area contributed by atoms with E-state index in [1.807, 2.05) is 36.4 Å². The maximum Gasteiger partial charge on any atom is 0.258 e. The molecule has 1 unspecified atom stereocenters. The van der Waals surface area contributed by atoms with Gasteiger partial charge < -0.3 is 14.9 Å². The molecule has 10 heteroatoms. The molecule has 8 nitrogen and oxygen atoms in total. The minimum atomic E-state index is -0.774. The summed E-state index contributed by atoms with van der Waals surface area (Å²) in [5.74, 6) is -1.24. The van der Waals surface area contributed by atoms with Gasteiger partial charge in [0.15, 0.2) is 0 Å². The number of fused-ring (bicyclic) bond motifs is 1. The molecule has 0 saturated carbocycles. The number of nitrogens with one attached hydrogen (secondary N) is 1. The largest absolute Gasteiger partial charge is 0.508 e. The van der Waals surface area contributed by atoms with Crippen molar-refractivity contribution in [1.82, 2.24) is 15.1 Å². The Kier molecular flexibility index (Phi) is 9.70. The van der Waals surface area contributed by atoms with Crippen molar-refractivity contribution in [3.63, 3.8) is 0 Å². The first-order valence-corrected chi connectivity index (χ1v) is 17.5. The van der Waals surface area contributed by atoms with Gasteiger partial charge in [-0.25, -0.2) is 4.39 Å². The number of piperazine rings is 1. The highest BCUT2D eigenvalue weighted by molar-refractivity contribution is 6.18. The molecule has 3 amide bonds. The summed E-state index contributed by atoms with van der Waals surface area (Å²) in [6.07, 6.45) is 1.08. The molecule has 0 aliphatic carbocycles. The molecule has 7 rings (SSSR count). The number of allylic oxidation sites excluding steroid dienone is 1. The first kappa shape index (κ1) is 33.5. The first-order chi connectivity index (χ1) is 24.3. The number of imide groups is 1. The third-order valence-electron chi connectivity index (χ3n) is 9.86. The number of carbonyl (C=O) groups excluding carboxylic acids is 3. The zero-order chi connectivity index (χ0) is 34.8. The maximum absolute atomic E-state index is 15.3. The van der Waals surface area contributed by atoms with Crippen LogP contribution in [0.25, 0.3) is 11.1 Å². The van der Waals surface area contributed by atoms with Crippen LogP contribution in [-0.4, -0.2) is 70.7 Å². The van der Waals surface area contributed by atoms with Crippen LogP contribution in [0, 0.1) is 5.82 Å². The molecule has 0 spiro atoms. The van der Waals surface area contributed by atoms with Gasteiger partial charge in [-0.3, -0.25) is 24.6 Å². The van der Waals surface area contributed by atoms with Crippen LogP contribution in [0.15, 0.2) is 91.0 Å². The summed E-state index contributed by atoms with van der Waals surface area (Å²) >= 11 is 6.32. The SMILES string of the molecule is O=C1CCC(N2Cc3cc(CN4CCN(c5ccc(C(=C(CCCl)c6ccccc6)c6ccc(O)cc6)cc5)CC4)cc(F)c3C2=O)C(=O)N1. The van der Waals surface area contributed by atoms with Crippen LogP contribution in [0.3, 0.4) is 0 Å². The molecule has 0 radical (unpaired) electrons. The summed E-state index contributed by atoms with van der Waals surface area (Å²) < 4.78 is 15.3. The lowest BCUT2D eigenvalue weighted by atomic mass is 9.88. The fraction of sp³-hybridized carbons (Fsp3) is 0.275. The molecule has 2 N–H and O–H groups in total. The number of piperidine rings is 1. The maximum atomic E-state index is 15.3. The fourth-order valence-electron chi connectivity index (χ4n) is 7.36. The third-order valence-corrected chi connectivity index (χ3v) is 10.0. The molecule has 0 aromatic heterocycles. The molecular weight excluding hydrogens is 655 g/mol. The van der Waals surface area contributed by atoms with Crippen LogP contribution in [-0.2, 0) is 22.7 Å². The molecule has 3 heterocycles. The molecule has 1 atom stereocenters.